The van der Waals surface area contributed by atoms with Crippen LogP contribution in [0.5, 0.6) is 0 Å². The number of aromatic nitrogens is 1. The van der Waals surface area contributed by atoms with Gasteiger partial charge in [-0.2, -0.15) is 0 Å². The fourth-order valence-electron chi connectivity index (χ4n) is 0.631. The molecule has 0 radical (unpaired) electrons. The van der Waals surface area contributed by atoms with Crippen LogP contribution in [0.4, 0.5) is 4.79 Å². The lowest BCUT2D eigenvalue weighted by Gasteiger charge is -1.94. The summed E-state index contributed by atoms with van der Waals surface area (Å²) in [6.07, 6.45) is -0.814. The molecular weight excluding hydrogens is 148 g/mol. The van der Waals surface area contributed by atoms with Crippen molar-refractivity contribution in [2.24, 2.45) is 5.73 Å². The molecule has 1 aromatic rings. The number of aryl methyl sites for hydroxylation is 1. The number of carbonyl (C=O) groups is 1. The molecule has 0 aliphatic heterocycles. The number of rotatable bonds is 2. The third-order valence-corrected chi connectivity index (χ3v) is 1.04. The summed E-state index contributed by atoms with van der Waals surface area (Å²) in [7, 11) is 0. The Labute approximate surface area is 63.1 Å². The maximum Gasteiger partial charge on any atom is 0.404 e. The molecule has 0 aromatic carbocycles. The van der Waals surface area contributed by atoms with E-state index in [2.05, 4.69) is 9.89 Å². The average molecular weight is 156 g/mol. The molecule has 0 saturated heterocycles. The van der Waals surface area contributed by atoms with Crippen molar-refractivity contribution in [2.75, 3.05) is 0 Å². The van der Waals surface area contributed by atoms with E-state index in [0.29, 0.717) is 11.5 Å². The molecule has 1 aromatic heterocycles. The molecule has 0 saturated carbocycles. The molecule has 0 bridgehead atoms. The minimum atomic E-state index is -0.814. The predicted molar refractivity (Wildman–Crippen MR) is 35.6 cm³/mol. The van der Waals surface area contributed by atoms with E-state index in [9.17, 15) is 4.79 Å². The maximum atomic E-state index is 10.1. The smallest absolute Gasteiger partial charge is 0.404 e. The zero-order valence-corrected chi connectivity index (χ0v) is 6.03. The third-order valence-electron chi connectivity index (χ3n) is 1.04. The molecule has 11 heavy (non-hydrogen) atoms. The van der Waals surface area contributed by atoms with Crippen molar-refractivity contribution in [3.63, 3.8) is 0 Å². The van der Waals surface area contributed by atoms with Crippen LogP contribution in [0.1, 0.15) is 11.5 Å². The minimum absolute atomic E-state index is 0.0622. The van der Waals surface area contributed by atoms with Gasteiger partial charge in [-0.05, 0) is 6.92 Å². The Morgan fingerprint density at radius 3 is 3.09 bits per heavy atom. The monoisotopic (exact) mass is 156 g/mol. The van der Waals surface area contributed by atoms with Crippen LogP contribution in [0, 0.1) is 6.92 Å². The lowest BCUT2D eigenvalue weighted by atomic mass is 10.4. The SMILES string of the molecule is Cc1cc(COC(N)=O)no1. The second-order valence-corrected chi connectivity index (χ2v) is 2.04. The fourth-order valence-corrected chi connectivity index (χ4v) is 0.631. The van der Waals surface area contributed by atoms with Crippen molar-refractivity contribution in [3.05, 3.63) is 17.5 Å². The molecule has 0 aliphatic rings. The van der Waals surface area contributed by atoms with Crippen LogP contribution in [0.2, 0.25) is 0 Å². The van der Waals surface area contributed by atoms with E-state index < -0.39 is 6.09 Å². The Morgan fingerprint density at radius 2 is 2.64 bits per heavy atom. The van der Waals surface area contributed by atoms with E-state index >= 15 is 0 Å². The Kier molecular flexibility index (Phi) is 2.10. The highest BCUT2D eigenvalue weighted by molar-refractivity contribution is 5.64. The lowest BCUT2D eigenvalue weighted by Crippen LogP contribution is -2.12. The number of nitrogens with two attached hydrogens (primary N) is 1. The van der Waals surface area contributed by atoms with Gasteiger partial charge in [0.1, 0.15) is 18.1 Å². The number of nitrogens with zero attached hydrogens (tertiary/aromatic N) is 1. The van der Waals surface area contributed by atoms with Gasteiger partial charge in [0.05, 0.1) is 0 Å². The first-order valence-electron chi connectivity index (χ1n) is 3.03. The zero-order valence-electron chi connectivity index (χ0n) is 6.03. The van der Waals surface area contributed by atoms with Crippen LogP contribution in [0.3, 0.4) is 0 Å². The fraction of sp³-hybridized carbons (Fsp3) is 0.333. The van der Waals surface area contributed by atoms with Gasteiger partial charge in [-0.1, -0.05) is 5.16 Å². The van der Waals surface area contributed by atoms with Crippen LogP contribution >= 0.6 is 0 Å². The summed E-state index contributed by atoms with van der Waals surface area (Å²) < 4.78 is 9.17. The Morgan fingerprint density at radius 1 is 1.91 bits per heavy atom. The second kappa shape index (κ2) is 3.05. The predicted octanol–water partition coefficient (Wildman–Crippen LogP) is 0.578. The highest BCUT2D eigenvalue weighted by Gasteiger charge is 2.01. The second-order valence-electron chi connectivity index (χ2n) is 2.04. The summed E-state index contributed by atoms with van der Waals surface area (Å²) in [5, 5.41) is 3.58. The van der Waals surface area contributed by atoms with Crippen LogP contribution in [0.25, 0.3) is 0 Å². The molecule has 1 heterocycles. The molecule has 0 atom stereocenters. The van der Waals surface area contributed by atoms with E-state index in [1.54, 1.807) is 13.0 Å². The number of primary amides is 1. The normalized spacial score (nSPS) is 9.55. The van der Waals surface area contributed by atoms with E-state index in [4.69, 9.17) is 10.3 Å². The molecule has 0 unspecified atom stereocenters. The molecule has 0 aliphatic carbocycles. The van der Waals surface area contributed by atoms with E-state index in [1.807, 2.05) is 0 Å². The van der Waals surface area contributed by atoms with Gasteiger partial charge in [0, 0.05) is 6.07 Å². The van der Waals surface area contributed by atoms with Crippen molar-refractivity contribution in [1.29, 1.82) is 0 Å². The first-order chi connectivity index (χ1) is 5.18. The summed E-state index contributed by atoms with van der Waals surface area (Å²) in [5.41, 5.74) is 5.28. The first kappa shape index (κ1) is 7.59. The largest absolute Gasteiger partial charge is 0.443 e. The molecule has 5 heteroatoms. The molecule has 60 valence electrons. The number of hydrogen-bond donors (Lipinski definition) is 1. The minimum Gasteiger partial charge on any atom is -0.443 e. The van der Waals surface area contributed by atoms with E-state index in [0.717, 1.165) is 0 Å². The molecule has 5 nitrogen and oxygen atoms in total. The van der Waals surface area contributed by atoms with E-state index in [1.165, 1.54) is 0 Å². The van der Waals surface area contributed by atoms with Crippen LogP contribution in [0.15, 0.2) is 10.6 Å². The summed E-state index contributed by atoms with van der Waals surface area (Å²) in [6.45, 7) is 1.81. The van der Waals surface area contributed by atoms with Crippen LogP contribution in [-0.2, 0) is 11.3 Å². The summed E-state index contributed by atoms with van der Waals surface area (Å²) >= 11 is 0. The van der Waals surface area contributed by atoms with Crippen molar-refractivity contribution >= 4 is 6.09 Å². The Hall–Kier alpha value is -1.52. The standard InChI is InChI=1S/C6H8N2O3/c1-4-2-5(8-11-4)3-10-6(7)9/h2H,3H2,1H3,(H2,7,9). The number of hydrogen-bond acceptors (Lipinski definition) is 4. The van der Waals surface area contributed by atoms with Gasteiger partial charge in [0.2, 0.25) is 0 Å². The molecule has 0 fully saturated rings. The van der Waals surface area contributed by atoms with Crippen molar-refractivity contribution in [3.8, 4) is 0 Å². The molecular formula is C6H8N2O3. The molecule has 0 spiro atoms. The lowest BCUT2D eigenvalue weighted by molar-refractivity contribution is 0.147. The van der Waals surface area contributed by atoms with Crippen LogP contribution in [-0.4, -0.2) is 11.2 Å². The highest BCUT2D eigenvalue weighted by atomic mass is 16.5. The topological polar surface area (TPSA) is 78.4 Å². The van der Waals surface area contributed by atoms with Gasteiger partial charge in [0.15, 0.2) is 0 Å². The van der Waals surface area contributed by atoms with Gasteiger partial charge in [0.25, 0.3) is 0 Å². The number of amides is 1. The Balaban J connectivity index is 2.45. The highest BCUT2D eigenvalue weighted by Crippen LogP contribution is 2.02. The molecule has 2 N–H and O–H groups in total. The van der Waals surface area contributed by atoms with E-state index in [-0.39, 0.29) is 6.61 Å². The number of carbonyl (C=O) groups excluding carboxylic acids is 1. The van der Waals surface area contributed by atoms with Gasteiger partial charge in [-0.25, -0.2) is 4.79 Å². The maximum absolute atomic E-state index is 10.1. The first-order valence-corrected chi connectivity index (χ1v) is 3.03. The van der Waals surface area contributed by atoms with Crippen molar-refractivity contribution < 1.29 is 14.1 Å². The average Bonchev–Trinajstić information content (AvgIpc) is 2.31. The quantitative estimate of drug-likeness (QED) is 0.679. The van der Waals surface area contributed by atoms with Gasteiger partial charge < -0.3 is 15.0 Å². The summed E-state index contributed by atoms with van der Waals surface area (Å²) in [5.74, 6) is 0.674. The summed E-state index contributed by atoms with van der Waals surface area (Å²) in [4.78, 5) is 10.1. The zero-order chi connectivity index (χ0) is 8.27. The van der Waals surface area contributed by atoms with Crippen molar-refractivity contribution in [2.45, 2.75) is 13.5 Å². The summed E-state index contributed by atoms with van der Waals surface area (Å²) in [6, 6.07) is 1.67. The van der Waals surface area contributed by atoms with Gasteiger partial charge in [-0.3, -0.25) is 0 Å². The third kappa shape index (κ3) is 2.29. The van der Waals surface area contributed by atoms with Crippen molar-refractivity contribution in [1.82, 2.24) is 5.16 Å². The number of ether oxygens (including phenoxy) is 1. The molecule has 1 rings (SSSR count). The van der Waals surface area contributed by atoms with Gasteiger partial charge >= 0.3 is 6.09 Å². The van der Waals surface area contributed by atoms with Gasteiger partial charge in [-0.15, -0.1) is 0 Å². The molecule has 1 amide bonds. The van der Waals surface area contributed by atoms with Crippen LogP contribution < -0.4 is 5.73 Å². The Bertz CT molecular complexity index is 256.